The van der Waals surface area contributed by atoms with Crippen LogP contribution in [0.15, 0.2) is 18.5 Å². The minimum Gasteiger partial charge on any atom is -0.310 e. The molecule has 1 fully saturated rings. The molecule has 1 heterocycles. The Labute approximate surface area is 102 Å². The number of pyridine rings is 1. The monoisotopic (exact) mass is 238 g/mol. The van der Waals surface area contributed by atoms with E-state index in [4.69, 9.17) is 11.6 Å². The van der Waals surface area contributed by atoms with Crippen LogP contribution in [0.25, 0.3) is 0 Å². The Balaban J connectivity index is 2.13. The first-order valence-electron chi connectivity index (χ1n) is 6.15. The minimum absolute atomic E-state index is 0.421. The molecule has 1 unspecified atom stereocenters. The molecule has 0 aromatic carbocycles. The SMILES string of the molecule is CCCNC(c1ccncc1Cl)C1CCC1. The summed E-state index contributed by atoms with van der Waals surface area (Å²) in [6.07, 6.45) is 8.74. The van der Waals surface area contributed by atoms with Gasteiger partial charge in [-0.3, -0.25) is 4.98 Å². The molecule has 88 valence electrons. The van der Waals surface area contributed by atoms with E-state index in [-0.39, 0.29) is 0 Å². The van der Waals surface area contributed by atoms with Crippen LogP contribution in [0.3, 0.4) is 0 Å². The molecule has 3 heteroatoms. The lowest BCUT2D eigenvalue weighted by atomic mass is 9.77. The van der Waals surface area contributed by atoms with Gasteiger partial charge in [-0.25, -0.2) is 0 Å². The van der Waals surface area contributed by atoms with Crippen molar-refractivity contribution in [1.29, 1.82) is 0 Å². The molecule has 0 saturated heterocycles. The van der Waals surface area contributed by atoms with Crippen LogP contribution in [0.2, 0.25) is 5.02 Å². The molecule has 0 bridgehead atoms. The maximum Gasteiger partial charge on any atom is 0.0637 e. The van der Waals surface area contributed by atoms with Gasteiger partial charge in [-0.1, -0.05) is 24.9 Å². The van der Waals surface area contributed by atoms with Gasteiger partial charge in [-0.15, -0.1) is 0 Å². The molecular formula is C13H19ClN2. The van der Waals surface area contributed by atoms with Crippen LogP contribution in [0.5, 0.6) is 0 Å². The highest BCUT2D eigenvalue weighted by Crippen LogP contribution is 2.39. The number of nitrogens with zero attached hydrogens (tertiary/aromatic N) is 1. The Kier molecular flexibility index (Phi) is 4.19. The fraction of sp³-hybridized carbons (Fsp3) is 0.615. The maximum absolute atomic E-state index is 6.22. The molecule has 2 nitrogen and oxygen atoms in total. The van der Waals surface area contributed by atoms with Crippen molar-refractivity contribution in [2.45, 2.75) is 38.6 Å². The number of aromatic nitrogens is 1. The molecule has 1 atom stereocenters. The van der Waals surface area contributed by atoms with Crippen LogP contribution in [-0.4, -0.2) is 11.5 Å². The van der Waals surface area contributed by atoms with Crippen LogP contribution in [0.4, 0.5) is 0 Å². The Morgan fingerprint density at radius 3 is 2.94 bits per heavy atom. The molecule has 2 rings (SSSR count). The van der Waals surface area contributed by atoms with E-state index in [0.717, 1.165) is 23.9 Å². The quantitative estimate of drug-likeness (QED) is 0.848. The normalized spacial score (nSPS) is 18.1. The highest BCUT2D eigenvalue weighted by molar-refractivity contribution is 6.31. The van der Waals surface area contributed by atoms with Crippen molar-refractivity contribution in [2.24, 2.45) is 5.92 Å². The van der Waals surface area contributed by atoms with Gasteiger partial charge in [0.25, 0.3) is 0 Å². The van der Waals surface area contributed by atoms with E-state index in [1.807, 2.05) is 12.3 Å². The van der Waals surface area contributed by atoms with Crippen LogP contribution in [0.1, 0.15) is 44.2 Å². The average molecular weight is 239 g/mol. The van der Waals surface area contributed by atoms with E-state index in [0.29, 0.717) is 6.04 Å². The first-order valence-corrected chi connectivity index (χ1v) is 6.53. The zero-order valence-corrected chi connectivity index (χ0v) is 10.5. The van der Waals surface area contributed by atoms with Crippen LogP contribution in [0, 0.1) is 5.92 Å². The van der Waals surface area contributed by atoms with Crippen LogP contribution in [-0.2, 0) is 0 Å². The summed E-state index contributed by atoms with van der Waals surface area (Å²) >= 11 is 6.22. The van der Waals surface area contributed by atoms with Crippen molar-refractivity contribution in [2.75, 3.05) is 6.54 Å². The van der Waals surface area contributed by atoms with E-state index in [1.54, 1.807) is 6.20 Å². The van der Waals surface area contributed by atoms with Crippen LogP contribution < -0.4 is 5.32 Å². The summed E-state index contributed by atoms with van der Waals surface area (Å²) in [5.74, 6) is 0.756. The predicted molar refractivity (Wildman–Crippen MR) is 67.6 cm³/mol. The molecular weight excluding hydrogens is 220 g/mol. The lowest BCUT2D eigenvalue weighted by molar-refractivity contribution is 0.231. The van der Waals surface area contributed by atoms with Gasteiger partial charge in [0.05, 0.1) is 5.02 Å². The summed E-state index contributed by atoms with van der Waals surface area (Å²) in [6.45, 7) is 3.25. The second kappa shape index (κ2) is 5.65. The molecule has 1 aliphatic carbocycles. The molecule has 0 amide bonds. The lowest BCUT2D eigenvalue weighted by Gasteiger charge is -2.35. The molecule has 0 aliphatic heterocycles. The Bertz CT molecular complexity index is 336. The summed E-state index contributed by atoms with van der Waals surface area (Å²) in [7, 11) is 0. The third kappa shape index (κ3) is 2.55. The highest BCUT2D eigenvalue weighted by Gasteiger charge is 2.29. The molecule has 1 aromatic heterocycles. The van der Waals surface area contributed by atoms with Gasteiger partial charge in [-0.05, 0) is 43.4 Å². The third-order valence-corrected chi connectivity index (χ3v) is 3.69. The number of halogens is 1. The standard InChI is InChI=1S/C13H19ClN2/c1-2-7-16-13(10-4-3-5-10)11-6-8-15-9-12(11)14/h6,8-10,13,16H,2-5,7H2,1H3. The van der Waals surface area contributed by atoms with E-state index in [9.17, 15) is 0 Å². The zero-order chi connectivity index (χ0) is 11.4. The summed E-state index contributed by atoms with van der Waals surface area (Å²) in [6, 6.07) is 2.47. The second-order valence-corrected chi connectivity index (χ2v) is 4.93. The van der Waals surface area contributed by atoms with Crippen molar-refractivity contribution in [3.8, 4) is 0 Å². The van der Waals surface area contributed by atoms with Crippen molar-refractivity contribution in [3.63, 3.8) is 0 Å². The van der Waals surface area contributed by atoms with Crippen LogP contribution >= 0.6 is 11.6 Å². The van der Waals surface area contributed by atoms with E-state index >= 15 is 0 Å². The smallest absolute Gasteiger partial charge is 0.0637 e. The molecule has 16 heavy (non-hydrogen) atoms. The first-order chi connectivity index (χ1) is 7.83. The third-order valence-electron chi connectivity index (χ3n) is 3.37. The van der Waals surface area contributed by atoms with E-state index < -0.39 is 0 Å². The lowest BCUT2D eigenvalue weighted by Crippen LogP contribution is -2.32. The number of hydrogen-bond acceptors (Lipinski definition) is 2. The Morgan fingerprint density at radius 1 is 1.56 bits per heavy atom. The fourth-order valence-corrected chi connectivity index (χ4v) is 2.48. The van der Waals surface area contributed by atoms with Gasteiger partial charge in [0.15, 0.2) is 0 Å². The van der Waals surface area contributed by atoms with E-state index in [2.05, 4.69) is 17.2 Å². The largest absolute Gasteiger partial charge is 0.310 e. The van der Waals surface area contributed by atoms with E-state index in [1.165, 1.54) is 24.8 Å². The molecule has 0 radical (unpaired) electrons. The molecule has 0 spiro atoms. The first kappa shape index (κ1) is 11.9. The Hall–Kier alpha value is -0.600. The van der Waals surface area contributed by atoms with Gasteiger partial charge in [0, 0.05) is 18.4 Å². The molecule has 1 N–H and O–H groups in total. The number of rotatable bonds is 5. The minimum atomic E-state index is 0.421. The van der Waals surface area contributed by atoms with Gasteiger partial charge in [0.1, 0.15) is 0 Å². The fourth-order valence-electron chi connectivity index (χ4n) is 2.24. The molecule has 1 aliphatic rings. The summed E-state index contributed by atoms with van der Waals surface area (Å²) < 4.78 is 0. The Morgan fingerprint density at radius 2 is 2.38 bits per heavy atom. The summed E-state index contributed by atoms with van der Waals surface area (Å²) in [4.78, 5) is 4.05. The maximum atomic E-state index is 6.22. The number of hydrogen-bond donors (Lipinski definition) is 1. The average Bonchev–Trinajstić information content (AvgIpc) is 2.22. The predicted octanol–water partition coefficient (Wildman–Crippen LogP) is 3.58. The van der Waals surface area contributed by atoms with Gasteiger partial charge >= 0.3 is 0 Å². The van der Waals surface area contributed by atoms with Gasteiger partial charge in [-0.2, -0.15) is 0 Å². The van der Waals surface area contributed by atoms with Gasteiger partial charge in [0.2, 0.25) is 0 Å². The summed E-state index contributed by atoms with van der Waals surface area (Å²) in [5, 5.41) is 4.41. The van der Waals surface area contributed by atoms with Crippen molar-refractivity contribution in [1.82, 2.24) is 10.3 Å². The summed E-state index contributed by atoms with van der Waals surface area (Å²) in [5.41, 5.74) is 1.22. The van der Waals surface area contributed by atoms with Crippen molar-refractivity contribution in [3.05, 3.63) is 29.0 Å². The highest BCUT2D eigenvalue weighted by atomic mass is 35.5. The molecule has 1 saturated carbocycles. The van der Waals surface area contributed by atoms with Gasteiger partial charge < -0.3 is 5.32 Å². The van der Waals surface area contributed by atoms with Crippen molar-refractivity contribution >= 4 is 11.6 Å². The topological polar surface area (TPSA) is 24.9 Å². The zero-order valence-electron chi connectivity index (χ0n) is 9.75. The second-order valence-electron chi connectivity index (χ2n) is 4.52. The number of nitrogens with one attached hydrogen (secondary N) is 1. The van der Waals surface area contributed by atoms with Crippen molar-refractivity contribution < 1.29 is 0 Å². The molecule has 1 aromatic rings.